The van der Waals surface area contributed by atoms with Crippen molar-refractivity contribution in [2.24, 2.45) is 5.92 Å². The van der Waals surface area contributed by atoms with Crippen molar-refractivity contribution in [1.82, 2.24) is 4.90 Å². The summed E-state index contributed by atoms with van der Waals surface area (Å²) in [7, 11) is 4.30. The molecule has 0 heterocycles. The van der Waals surface area contributed by atoms with Gasteiger partial charge in [0.15, 0.2) is 0 Å². The predicted molar refractivity (Wildman–Crippen MR) is 102 cm³/mol. The van der Waals surface area contributed by atoms with Crippen LogP contribution in [-0.2, 0) is 12.8 Å². The zero-order valence-corrected chi connectivity index (χ0v) is 15.2. The second kappa shape index (κ2) is 8.88. The van der Waals surface area contributed by atoms with E-state index in [1.54, 1.807) is 0 Å². The fourth-order valence-electron chi connectivity index (χ4n) is 3.03. The molecule has 1 atom stereocenters. The molecule has 0 amide bonds. The molecule has 124 valence electrons. The molecule has 0 aromatic heterocycles. The average Bonchev–Trinajstić information content (AvgIpc) is 2.55. The van der Waals surface area contributed by atoms with Crippen molar-refractivity contribution in [3.63, 3.8) is 0 Å². The van der Waals surface area contributed by atoms with Gasteiger partial charge in [0, 0.05) is 0 Å². The standard InChI is InChI=1S/C22H31N/c1-5-19-8-12-21(13-9-19)22-14-10-20(11-15-22)17-18(2)7-6-16-23(3)4/h8-15,18H,5-7,16-17H2,1-4H3. The summed E-state index contributed by atoms with van der Waals surface area (Å²) in [6.45, 7) is 5.76. The third-order valence-electron chi connectivity index (χ3n) is 4.54. The number of hydrogen-bond acceptors (Lipinski definition) is 1. The van der Waals surface area contributed by atoms with Crippen LogP contribution in [0.5, 0.6) is 0 Å². The van der Waals surface area contributed by atoms with Crippen molar-refractivity contribution >= 4 is 0 Å². The minimum absolute atomic E-state index is 0.754. The molecule has 0 fully saturated rings. The van der Waals surface area contributed by atoms with Crippen LogP contribution in [0.3, 0.4) is 0 Å². The van der Waals surface area contributed by atoms with Crippen LogP contribution >= 0.6 is 0 Å². The molecule has 1 nitrogen and oxygen atoms in total. The van der Waals surface area contributed by atoms with Gasteiger partial charge in [-0.3, -0.25) is 0 Å². The van der Waals surface area contributed by atoms with E-state index in [-0.39, 0.29) is 0 Å². The summed E-state index contributed by atoms with van der Waals surface area (Å²) in [4.78, 5) is 2.27. The van der Waals surface area contributed by atoms with E-state index in [1.807, 2.05) is 0 Å². The average molecular weight is 309 g/mol. The van der Waals surface area contributed by atoms with E-state index in [4.69, 9.17) is 0 Å². The fraction of sp³-hybridized carbons (Fsp3) is 0.455. The lowest BCUT2D eigenvalue weighted by atomic mass is 9.95. The first-order chi connectivity index (χ1) is 11.1. The second-order valence-electron chi connectivity index (χ2n) is 7.00. The molecule has 0 aliphatic carbocycles. The molecule has 1 heteroatoms. The summed E-state index contributed by atoms with van der Waals surface area (Å²) in [6, 6.07) is 18.1. The fourth-order valence-corrected chi connectivity index (χ4v) is 3.03. The highest BCUT2D eigenvalue weighted by molar-refractivity contribution is 5.63. The first kappa shape index (κ1) is 17.7. The van der Waals surface area contributed by atoms with Gasteiger partial charge in [0.05, 0.1) is 0 Å². The van der Waals surface area contributed by atoms with E-state index in [2.05, 4.69) is 81.4 Å². The minimum Gasteiger partial charge on any atom is -0.309 e. The largest absolute Gasteiger partial charge is 0.309 e. The molecular weight excluding hydrogens is 278 g/mol. The van der Waals surface area contributed by atoms with Crippen molar-refractivity contribution in [3.8, 4) is 11.1 Å². The topological polar surface area (TPSA) is 3.24 Å². The van der Waals surface area contributed by atoms with Crippen LogP contribution in [0, 0.1) is 5.92 Å². The van der Waals surface area contributed by atoms with Gasteiger partial charge in [-0.1, -0.05) is 62.4 Å². The Balaban J connectivity index is 1.90. The summed E-state index contributed by atoms with van der Waals surface area (Å²) < 4.78 is 0. The third kappa shape index (κ3) is 5.84. The monoisotopic (exact) mass is 309 g/mol. The van der Waals surface area contributed by atoms with Gasteiger partial charge >= 0.3 is 0 Å². The van der Waals surface area contributed by atoms with Crippen molar-refractivity contribution in [2.45, 2.75) is 39.5 Å². The lowest BCUT2D eigenvalue weighted by molar-refractivity contribution is 0.372. The van der Waals surface area contributed by atoms with Gasteiger partial charge in [0.2, 0.25) is 0 Å². The van der Waals surface area contributed by atoms with Gasteiger partial charge in [-0.2, -0.15) is 0 Å². The molecule has 0 radical (unpaired) electrons. The lowest BCUT2D eigenvalue weighted by Gasteiger charge is -2.14. The summed E-state index contributed by atoms with van der Waals surface area (Å²) in [5.74, 6) is 0.754. The van der Waals surface area contributed by atoms with Gasteiger partial charge in [0.25, 0.3) is 0 Å². The van der Waals surface area contributed by atoms with Crippen molar-refractivity contribution < 1.29 is 0 Å². The Labute approximate surface area is 142 Å². The quantitative estimate of drug-likeness (QED) is 0.628. The maximum atomic E-state index is 2.37. The predicted octanol–water partition coefficient (Wildman–Crippen LogP) is 5.44. The van der Waals surface area contributed by atoms with Crippen molar-refractivity contribution in [1.29, 1.82) is 0 Å². The smallest absolute Gasteiger partial charge is 0.00247 e. The van der Waals surface area contributed by atoms with Crippen LogP contribution in [0.4, 0.5) is 0 Å². The first-order valence-electron chi connectivity index (χ1n) is 8.91. The van der Waals surface area contributed by atoms with Crippen molar-refractivity contribution in [2.75, 3.05) is 20.6 Å². The second-order valence-corrected chi connectivity index (χ2v) is 7.00. The molecule has 0 aliphatic heterocycles. The van der Waals surface area contributed by atoms with E-state index >= 15 is 0 Å². The van der Waals surface area contributed by atoms with Gasteiger partial charge in [-0.05, 0) is 74.5 Å². The normalized spacial score (nSPS) is 12.6. The number of rotatable bonds is 8. The van der Waals surface area contributed by atoms with Crippen molar-refractivity contribution in [3.05, 3.63) is 59.7 Å². The molecule has 0 N–H and O–H groups in total. The Morgan fingerprint density at radius 3 is 1.83 bits per heavy atom. The van der Waals surface area contributed by atoms with Crippen LogP contribution < -0.4 is 0 Å². The van der Waals surface area contributed by atoms with Gasteiger partial charge < -0.3 is 4.90 Å². The summed E-state index contributed by atoms with van der Waals surface area (Å²) >= 11 is 0. The minimum atomic E-state index is 0.754. The molecular formula is C22H31N. The Hall–Kier alpha value is -1.60. The van der Waals surface area contributed by atoms with E-state index in [0.717, 1.165) is 12.3 Å². The van der Waals surface area contributed by atoms with Crippen LogP contribution in [-0.4, -0.2) is 25.5 Å². The molecule has 2 aromatic carbocycles. The summed E-state index contributed by atoms with van der Waals surface area (Å²) in [5.41, 5.74) is 5.48. The Bertz CT molecular complexity index is 566. The molecule has 23 heavy (non-hydrogen) atoms. The van der Waals surface area contributed by atoms with Gasteiger partial charge in [0.1, 0.15) is 0 Å². The lowest BCUT2D eigenvalue weighted by Crippen LogP contribution is -2.14. The zero-order chi connectivity index (χ0) is 16.7. The number of benzene rings is 2. The maximum absolute atomic E-state index is 2.37. The summed E-state index contributed by atoms with van der Waals surface area (Å²) in [5, 5.41) is 0. The number of aryl methyl sites for hydroxylation is 1. The summed E-state index contributed by atoms with van der Waals surface area (Å²) in [6.07, 6.45) is 4.88. The zero-order valence-electron chi connectivity index (χ0n) is 15.2. The van der Waals surface area contributed by atoms with Crippen LogP contribution in [0.2, 0.25) is 0 Å². The molecule has 0 saturated carbocycles. The highest BCUT2D eigenvalue weighted by atomic mass is 15.0. The first-order valence-corrected chi connectivity index (χ1v) is 8.91. The van der Waals surface area contributed by atoms with E-state index in [1.165, 1.54) is 48.1 Å². The third-order valence-corrected chi connectivity index (χ3v) is 4.54. The molecule has 0 spiro atoms. The Morgan fingerprint density at radius 2 is 1.35 bits per heavy atom. The highest BCUT2D eigenvalue weighted by Crippen LogP contribution is 2.22. The molecule has 2 aromatic rings. The highest BCUT2D eigenvalue weighted by Gasteiger charge is 2.05. The molecule has 0 saturated heterocycles. The van der Waals surface area contributed by atoms with E-state index in [0.29, 0.717) is 0 Å². The van der Waals surface area contributed by atoms with Crippen LogP contribution in [0.1, 0.15) is 37.8 Å². The number of nitrogens with zero attached hydrogens (tertiary/aromatic N) is 1. The van der Waals surface area contributed by atoms with Crippen LogP contribution in [0.15, 0.2) is 48.5 Å². The molecule has 0 bridgehead atoms. The Kier molecular flexibility index (Phi) is 6.85. The number of hydrogen-bond donors (Lipinski definition) is 0. The molecule has 1 unspecified atom stereocenters. The SMILES string of the molecule is CCc1ccc(-c2ccc(CC(C)CCCN(C)C)cc2)cc1. The maximum Gasteiger partial charge on any atom is -0.00247 e. The molecule has 2 rings (SSSR count). The van der Waals surface area contributed by atoms with E-state index < -0.39 is 0 Å². The van der Waals surface area contributed by atoms with Crippen LogP contribution in [0.25, 0.3) is 11.1 Å². The van der Waals surface area contributed by atoms with Gasteiger partial charge in [-0.25, -0.2) is 0 Å². The molecule has 0 aliphatic rings. The Morgan fingerprint density at radius 1 is 0.826 bits per heavy atom. The van der Waals surface area contributed by atoms with Gasteiger partial charge in [-0.15, -0.1) is 0 Å². The van der Waals surface area contributed by atoms with E-state index in [9.17, 15) is 0 Å².